The summed E-state index contributed by atoms with van der Waals surface area (Å²) < 4.78 is 1.11. The lowest BCUT2D eigenvalue weighted by molar-refractivity contribution is 0.292. The van der Waals surface area contributed by atoms with Crippen LogP contribution >= 0.6 is 15.9 Å². The van der Waals surface area contributed by atoms with E-state index >= 15 is 0 Å². The maximum Gasteiger partial charge on any atom is 0.196 e. The highest BCUT2D eigenvalue weighted by atomic mass is 79.9. The number of hydrogen-bond acceptors (Lipinski definition) is 3. The molecule has 2 saturated carbocycles. The molecule has 1 aromatic carbocycles. The fourth-order valence-corrected chi connectivity index (χ4v) is 4.93. The molecule has 1 aromatic rings. The third-order valence-corrected chi connectivity index (χ3v) is 5.90. The fraction of sp³-hybridized carbons (Fsp3) is 0.533. The van der Waals surface area contributed by atoms with E-state index in [4.69, 9.17) is 5.73 Å². The van der Waals surface area contributed by atoms with Crippen molar-refractivity contribution in [2.24, 2.45) is 22.6 Å². The SMILES string of the molecule is NC1=NCC2(CC3CCC2C3)N1c1ccccc1Br. The summed E-state index contributed by atoms with van der Waals surface area (Å²) in [5.74, 6) is 2.34. The van der Waals surface area contributed by atoms with Crippen LogP contribution in [-0.2, 0) is 0 Å². The van der Waals surface area contributed by atoms with Gasteiger partial charge in [0.15, 0.2) is 5.96 Å². The van der Waals surface area contributed by atoms with E-state index in [-0.39, 0.29) is 5.54 Å². The fourth-order valence-electron chi connectivity index (χ4n) is 4.47. The van der Waals surface area contributed by atoms with Gasteiger partial charge in [-0.2, -0.15) is 0 Å². The quantitative estimate of drug-likeness (QED) is 0.864. The van der Waals surface area contributed by atoms with Gasteiger partial charge in [0.25, 0.3) is 0 Å². The van der Waals surface area contributed by atoms with Gasteiger partial charge in [0.2, 0.25) is 0 Å². The molecule has 4 rings (SSSR count). The summed E-state index contributed by atoms with van der Waals surface area (Å²) in [4.78, 5) is 6.91. The number of hydrogen-bond donors (Lipinski definition) is 1. The zero-order chi connectivity index (χ0) is 13.0. The van der Waals surface area contributed by atoms with Gasteiger partial charge in [-0.05, 0) is 65.6 Å². The molecule has 2 bridgehead atoms. The van der Waals surface area contributed by atoms with Crippen LogP contribution in [0, 0.1) is 11.8 Å². The number of rotatable bonds is 1. The molecule has 1 spiro atoms. The largest absolute Gasteiger partial charge is 0.369 e. The molecule has 0 aromatic heterocycles. The van der Waals surface area contributed by atoms with E-state index in [2.05, 4.69) is 44.0 Å². The molecule has 3 aliphatic rings. The van der Waals surface area contributed by atoms with E-state index in [1.165, 1.54) is 31.4 Å². The smallest absolute Gasteiger partial charge is 0.196 e. The second kappa shape index (κ2) is 3.98. The Morgan fingerprint density at radius 3 is 2.84 bits per heavy atom. The van der Waals surface area contributed by atoms with Crippen LogP contribution in [0.4, 0.5) is 5.69 Å². The van der Waals surface area contributed by atoms with E-state index in [0.29, 0.717) is 5.96 Å². The number of benzene rings is 1. The Bertz CT molecular complexity index is 556. The van der Waals surface area contributed by atoms with Crippen LogP contribution in [0.5, 0.6) is 0 Å². The first-order chi connectivity index (χ1) is 9.21. The molecule has 0 radical (unpaired) electrons. The molecular formula is C15H18BrN3. The van der Waals surface area contributed by atoms with E-state index < -0.39 is 0 Å². The van der Waals surface area contributed by atoms with E-state index in [0.717, 1.165) is 22.9 Å². The summed E-state index contributed by atoms with van der Waals surface area (Å²) in [6.45, 7) is 0.876. The van der Waals surface area contributed by atoms with Crippen LogP contribution in [-0.4, -0.2) is 18.0 Å². The first-order valence-corrected chi connectivity index (χ1v) is 7.85. The predicted molar refractivity (Wildman–Crippen MR) is 81.3 cm³/mol. The van der Waals surface area contributed by atoms with Crippen molar-refractivity contribution in [1.29, 1.82) is 0 Å². The minimum absolute atomic E-state index is 0.164. The lowest BCUT2D eigenvalue weighted by Crippen LogP contribution is -2.55. The molecule has 3 nitrogen and oxygen atoms in total. The third-order valence-electron chi connectivity index (χ3n) is 5.23. The molecule has 2 N–H and O–H groups in total. The summed E-state index contributed by atoms with van der Waals surface area (Å²) >= 11 is 3.67. The molecule has 2 aliphatic carbocycles. The number of guanidine groups is 1. The van der Waals surface area contributed by atoms with Gasteiger partial charge in [0.1, 0.15) is 0 Å². The monoisotopic (exact) mass is 319 g/mol. The number of fused-ring (bicyclic) bond motifs is 3. The molecule has 1 aliphatic heterocycles. The van der Waals surface area contributed by atoms with Crippen LogP contribution in [0.15, 0.2) is 33.7 Å². The van der Waals surface area contributed by atoms with Gasteiger partial charge in [0.05, 0.1) is 17.8 Å². The van der Waals surface area contributed by atoms with Crippen LogP contribution in [0.25, 0.3) is 0 Å². The molecule has 100 valence electrons. The second-order valence-electron chi connectivity index (χ2n) is 6.14. The zero-order valence-electron chi connectivity index (χ0n) is 10.8. The average Bonchev–Trinajstić information content (AvgIpc) is 3.07. The Labute approximate surface area is 122 Å². The lowest BCUT2D eigenvalue weighted by atomic mass is 9.80. The topological polar surface area (TPSA) is 41.6 Å². The Morgan fingerprint density at radius 1 is 1.32 bits per heavy atom. The van der Waals surface area contributed by atoms with E-state index in [1.807, 2.05) is 6.07 Å². The maximum atomic E-state index is 6.22. The van der Waals surface area contributed by atoms with Gasteiger partial charge in [0, 0.05) is 4.47 Å². The number of nitrogens with zero attached hydrogens (tertiary/aromatic N) is 2. The van der Waals surface area contributed by atoms with E-state index in [1.54, 1.807) is 0 Å². The Balaban J connectivity index is 1.80. The molecule has 0 saturated heterocycles. The van der Waals surface area contributed by atoms with Crippen molar-refractivity contribution in [1.82, 2.24) is 0 Å². The van der Waals surface area contributed by atoms with Crippen molar-refractivity contribution in [3.8, 4) is 0 Å². The van der Waals surface area contributed by atoms with Gasteiger partial charge in [-0.3, -0.25) is 4.99 Å². The number of halogens is 1. The van der Waals surface area contributed by atoms with E-state index in [9.17, 15) is 0 Å². The van der Waals surface area contributed by atoms with Crippen LogP contribution in [0.2, 0.25) is 0 Å². The zero-order valence-corrected chi connectivity index (χ0v) is 12.4. The molecule has 3 unspecified atom stereocenters. The summed E-state index contributed by atoms with van der Waals surface area (Å²) in [6, 6.07) is 8.35. The second-order valence-corrected chi connectivity index (χ2v) is 7.00. The number of anilines is 1. The van der Waals surface area contributed by atoms with Crippen molar-refractivity contribution in [3.05, 3.63) is 28.7 Å². The number of nitrogens with two attached hydrogens (primary N) is 1. The standard InChI is InChI=1S/C15H18BrN3/c16-12-3-1-2-4-13(12)19-14(17)18-9-15(19)8-10-5-6-11(15)7-10/h1-4,10-11H,5-9H2,(H2,17,18). The van der Waals surface area contributed by atoms with Gasteiger partial charge in [-0.1, -0.05) is 12.1 Å². The van der Waals surface area contributed by atoms with Crippen molar-refractivity contribution in [2.75, 3.05) is 11.4 Å². The molecule has 2 fully saturated rings. The first-order valence-electron chi connectivity index (χ1n) is 7.05. The highest BCUT2D eigenvalue weighted by Crippen LogP contribution is 2.56. The number of aliphatic imine (C=N–C) groups is 1. The minimum atomic E-state index is 0.164. The molecule has 0 amide bonds. The summed E-state index contributed by atoms with van der Waals surface area (Å²) in [6.07, 6.45) is 5.36. The molecular weight excluding hydrogens is 302 g/mol. The highest BCUT2D eigenvalue weighted by molar-refractivity contribution is 9.10. The van der Waals surface area contributed by atoms with Crippen LogP contribution < -0.4 is 10.6 Å². The molecule has 4 heteroatoms. The Hall–Kier alpha value is -1.03. The molecule has 1 heterocycles. The normalized spacial score (nSPS) is 36.3. The molecule has 19 heavy (non-hydrogen) atoms. The van der Waals surface area contributed by atoms with Crippen molar-refractivity contribution in [2.45, 2.75) is 31.2 Å². The average molecular weight is 320 g/mol. The summed E-state index contributed by atoms with van der Waals surface area (Å²) in [5, 5.41) is 0. The molecule has 3 atom stereocenters. The third kappa shape index (κ3) is 1.52. The van der Waals surface area contributed by atoms with Crippen molar-refractivity contribution in [3.63, 3.8) is 0 Å². The summed E-state index contributed by atoms with van der Waals surface area (Å²) in [5.41, 5.74) is 7.56. The van der Waals surface area contributed by atoms with Gasteiger partial charge < -0.3 is 10.6 Å². The lowest BCUT2D eigenvalue weighted by Gasteiger charge is -2.42. The van der Waals surface area contributed by atoms with Gasteiger partial charge in [-0.25, -0.2) is 0 Å². The minimum Gasteiger partial charge on any atom is -0.369 e. The predicted octanol–water partition coefficient (Wildman–Crippen LogP) is 3.14. The van der Waals surface area contributed by atoms with Crippen LogP contribution in [0.3, 0.4) is 0 Å². The maximum absolute atomic E-state index is 6.22. The number of para-hydroxylation sites is 1. The van der Waals surface area contributed by atoms with Crippen molar-refractivity contribution >= 4 is 27.6 Å². The van der Waals surface area contributed by atoms with Gasteiger partial charge >= 0.3 is 0 Å². The summed E-state index contributed by atoms with van der Waals surface area (Å²) in [7, 11) is 0. The Morgan fingerprint density at radius 2 is 2.16 bits per heavy atom. The van der Waals surface area contributed by atoms with Crippen LogP contribution in [0.1, 0.15) is 25.7 Å². The highest BCUT2D eigenvalue weighted by Gasteiger charge is 2.57. The van der Waals surface area contributed by atoms with Gasteiger partial charge in [-0.15, -0.1) is 0 Å². The first kappa shape index (κ1) is 11.8. The van der Waals surface area contributed by atoms with Crippen molar-refractivity contribution < 1.29 is 0 Å². The Kier molecular flexibility index (Phi) is 2.47.